The molecule has 1 aromatic rings. The highest BCUT2D eigenvalue weighted by molar-refractivity contribution is 5.79. The Balaban J connectivity index is 1.54. The molecule has 0 unspecified atom stereocenters. The van der Waals surface area contributed by atoms with Crippen molar-refractivity contribution in [1.29, 1.82) is 0 Å². The monoisotopic (exact) mass is 320 g/mol. The largest absolute Gasteiger partial charge is 0.356 e. The van der Waals surface area contributed by atoms with Crippen LogP contribution in [0.15, 0.2) is 11.3 Å². The summed E-state index contributed by atoms with van der Waals surface area (Å²) in [5.74, 6) is 2.92. The quantitative estimate of drug-likeness (QED) is 0.416. The molecule has 2 N–H and O–H groups in total. The molecule has 130 valence electrons. The van der Waals surface area contributed by atoms with Gasteiger partial charge >= 0.3 is 0 Å². The van der Waals surface area contributed by atoms with Gasteiger partial charge < -0.3 is 15.2 Å². The van der Waals surface area contributed by atoms with E-state index in [2.05, 4.69) is 37.3 Å². The highest BCUT2D eigenvalue weighted by atomic mass is 15.3. The number of nitrogens with one attached hydrogen (secondary N) is 2. The van der Waals surface area contributed by atoms with E-state index in [1.54, 1.807) is 6.33 Å². The molecule has 0 spiro atoms. The SMILES string of the molecule is CCc1nncn1CCNC(=NC)NCCCCC1CCCC1. The van der Waals surface area contributed by atoms with Gasteiger partial charge in [0.2, 0.25) is 0 Å². The molecule has 0 aliphatic heterocycles. The number of rotatable bonds is 9. The Kier molecular flexibility index (Phi) is 7.90. The van der Waals surface area contributed by atoms with Crippen LogP contribution in [-0.2, 0) is 13.0 Å². The second kappa shape index (κ2) is 10.2. The average Bonchev–Trinajstić information content (AvgIpc) is 3.24. The van der Waals surface area contributed by atoms with Crippen LogP contribution in [0.1, 0.15) is 57.7 Å². The van der Waals surface area contributed by atoms with Gasteiger partial charge in [-0.1, -0.05) is 45.4 Å². The lowest BCUT2D eigenvalue weighted by Gasteiger charge is -2.13. The Bertz CT molecular complexity index is 461. The first-order valence-corrected chi connectivity index (χ1v) is 9.14. The lowest BCUT2D eigenvalue weighted by molar-refractivity contribution is 0.472. The Hall–Kier alpha value is -1.59. The first-order valence-electron chi connectivity index (χ1n) is 9.14. The van der Waals surface area contributed by atoms with Crippen LogP contribution in [-0.4, -0.2) is 40.9 Å². The van der Waals surface area contributed by atoms with Crippen molar-refractivity contribution in [2.45, 2.75) is 64.8 Å². The predicted octanol–water partition coefficient (Wildman–Crippen LogP) is 2.37. The van der Waals surface area contributed by atoms with Crippen molar-refractivity contribution in [3.8, 4) is 0 Å². The fraction of sp³-hybridized carbons (Fsp3) is 0.824. The second-order valence-electron chi connectivity index (χ2n) is 6.37. The van der Waals surface area contributed by atoms with Crippen LogP contribution in [0.3, 0.4) is 0 Å². The molecule has 1 aliphatic rings. The van der Waals surface area contributed by atoms with Crippen LogP contribution in [0.25, 0.3) is 0 Å². The maximum absolute atomic E-state index is 4.28. The Labute approximate surface area is 140 Å². The fourth-order valence-corrected chi connectivity index (χ4v) is 3.32. The summed E-state index contributed by atoms with van der Waals surface area (Å²) in [5, 5.41) is 14.8. The molecule has 0 amide bonds. The van der Waals surface area contributed by atoms with Crippen molar-refractivity contribution in [2.75, 3.05) is 20.1 Å². The van der Waals surface area contributed by atoms with E-state index in [-0.39, 0.29) is 0 Å². The van der Waals surface area contributed by atoms with Gasteiger partial charge in [0.1, 0.15) is 12.2 Å². The van der Waals surface area contributed by atoms with Crippen LogP contribution in [0, 0.1) is 5.92 Å². The zero-order valence-corrected chi connectivity index (χ0v) is 14.7. The van der Waals surface area contributed by atoms with Gasteiger partial charge in [-0.2, -0.15) is 0 Å². The van der Waals surface area contributed by atoms with Gasteiger partial charge in [0, 0.05) is 33.1 Å². The molecule has 1 fully saturated rings. The number of hydrogen-bond acceptors (Lipinski definition) is 3. The molecule has 6 nitrogen and oxygen atoms in total. The highest BCUT2D eigenvalue weighted by Crippen LogP contribution is 2.28. The van der Waals surface area contributed by atoms with Crippen LogP contribution in [0.2, 0.25) is 0 Å². The summed E-state index contributed by atoms with van der Waals surface area (Å²) in [6.45, 7) is 4.78. The molecule has 0 radical (unpaired) electrons. The zero-order chi connectivity index (χ0) is 16.3. The zero-order valence-electron chi connectivity index (χ0n) is 14.7. The maximum atomic E-state index is 4.28. The summed E-state index contributed by atoms with van der Waals surface area (Å²) in [6, 6.07) is 0. The second-order valence-corrected chi connectivity index (χ2v) is 6.37. The molecule has 1 aliphatic carbocycles. The predicted molar refractivity (Wildman–Crippen MR) is 94.6 cm³/mol. The van der Waals surface area contributed by atoms with Crippen molar-refractivity contribution >= 4 is 5.96 Å². The van der Waals surface area contributed by atoms with Crippen molar-refractivity contribution in [2.24, 2.45) is 10.9 Å². The van der Waals surface area contributed by atoms with E-state index >= 15 is 0 Å². The highest BCUT2D eigenvalue weighted by Gasteiger charge is 2.13. The molecule has 0 saturated heterocycles. The molecule has 0 atom stereocenters. The number of aliphatic imine (C=N–C) groups is 1. The topological polar surface area (TPSA) is 67.1 Å². The van der Waals surface area contributed by atoms with Crippen LogP contribution in [0.5, 0.6) is 0 Å². The lowest BCUT2D eigenvalue weighted by atomic mass is 10.0. The average molecular weight is 320 g/mol. The number of hydrogen-bond donors (Lipinski definition) is 2. The summed E-state index contributed by atoms with van der Waals surface area (Å²) < 4.78 is 2.09. The fourth-order valence-electron chi connectivity index (χ4n) is 3.32. The van der Waals surface area contributed by atoms with Gasteiger partial charge in [-0.05, 0) is 12.3 Å². The first-order chi connectivity index (χ1) is 11.3. The summed E-state index contributed by atoms with van der Waals surface area (Å²) >= 11 is 0. The molecule has 0 aromatic carbocycles. The summed E-state index contributed by atoms with van der Waals surface area (Å²) in [4.78, 5) is 4.28. The minimum atomic E-state index is 0.826. The van der Waals surface area contributed by atoms with E-state index in [4.69, 9.17) is 0 Å². The summed E-state index contributed by atoms with van der Waals surface area (Å²) in [7, 11) is 1.82. The third-order valence-electron chi connectivity index (χ3n) is 4.69. The van der Waals surface area contributed by atoms with Crippen LogP contribution in [0.4, 0.5) is 0 Å². The van der Waals surface area contributed by atoms with Crippen molar-refractivity contribution in [3.63, 3.8) is 0 Å². The standard InChI is InChI=1S/C17H32N6/c1-3-16-22-21-14-23(16)13-12-20-17(18-2)19-11-7-6-10-15-8-4-5-9-15/h14-15H,3-13H2,1-2H3,(H2,18,19,20). The molecule has 23 heavy (non-hydrogen) atoms. The summed E-state index contributed by atoms with van der Waals surface area (Å²) in [5.41, 5.74) is 0. The van der Waals surface area contributed by atoms with Gasteiger partial charge in [0.15, 0.2) is 5.96 Å². The number of aromatic nitrogens is 3. The van der Waals surface area contributed by atoms with Gasteiger partial charge in [0.25, 0.3) is 0 Å². The van der Waals surface area contributed by atoms with E-state index in [1.165, 1.54) is 44.9 Å². The third kappa shape index (κ3) is 6.20. The minimum absolute atomic E-state index is 0.826. The minimum Gasteiger partial charge on any atom is -0.356 e. The van der Waals surface area contributed by atoms with Crippen LogP contribution >= 0.6 is 0 Å². The number of guanidine groups is 1. The Morgan fingerprint density at radius 2 is 2.04 bits per heavy atom. The molecule has 0 bridgehead atoms. The van der Waals surface area contributed by atoms with Crippen LogP contribution < -0.4 is 10.6 Å². The van der Waals surface area contributed by atoms with E-state index in [0.717, 1.165) is 43.8 Å². The Morgan fingerprint density at radius 3 is 2.78 bits per heavy atom. The molecule has 1 saturated carbocycles. The van der Waals surface area contributed by atoms with Crippen molar-refractivity contribution < 1.29 is 0 Å². The normalized spacial score (nSPS) is 16.0. The number of aryl methyl sites for hydroxylation is 1. The van der Waals surface area contributed by atoms with E-state index in [0.29, 0.717) is 0 Å². The smallest absolute Gasteiger partial charge is 0.191 e. The third-order valence-corrected chi connectivity index (χ3v) is 4.69. The molecule has 6 heteroatoms. The molecule has 1 aromatic heterocycles. The first kappa shape index (κ1) is 17.8. The maximum Gasteiger partial charge on any atom is 0.191 e. The molecular weight excluding hydrogens is 288 g/mol. The molecule has 2 rings (SSSR count). The van der Waals surface area contributed by atoms with Gasteiger partial charge in [0.05, 0.1) is 0 Å². The van der Waals surface area contributed by atoms with E-state index in [9.17, 15) is 0 Å². The lowest BCUT2D eigenvalue weighted by Crippen LogP contribution is -2.39. The summed E-state index contributed by atoms with van der Waals surface area (Å²) in [6.07, 6.45) is 12.5. The number of unbranched alkanes of at least 4 members (excludes halogenated alkanes) is 1. The Morgan fingerprint density at radius 1 is 1.26 bits per heavy atom. The van der Waals surface area contributed by atoms with Gasteiger partial charge in [-0.3, -0.25) is 4.99 Å². The van der Waals surface area contributed by atoms with Gasteiger partial charge in [-0.15, -0.1) is 10.2 Å². The molecule has 1 heterocycles. The van der Waals surface area contributed by atoms with Gasteiger partial charge in [-0.25, -0.2) is 0 Å². The van der Waals surface area contributed by atoms with Crippen molar-refractivity contribution in [3.05, 3.63) is 12.2 Å². The van der Waals surface area contributed by atoms with E-state index < -0.39 is 0 Å². The number of nitrogens with zero attached hydrogens (tertiary/aromatic N) is 4. The molecular formula is C17H32N6. The van der Waals surface area contributed by atoms with E-state index in [1.807, 2.05) is 7.05 Å². The van der Waals surface area contributed by atoms with Crippen molar-refractivity contribution in [1.82, 2.24) is 25.4 Å².